The van der Waals surface area contributed by atoms with Crippen LogP contribution in [0.15, 0.2) is 0 Å². The van der Waals surface area contributed by atoms with Gasteiger partial charge < -0.3 is 4.74 Å². The molecule has 2 nitrogen and oxygen atoms in total. The van der Waals surface area contributed by atoms with Crippen LogP contribution in [0.3, 0.4) is 0 Å². The molecule has 4 fully saturated rings. The third kappa shape index (κ3) is 1.97. The minimum atomic E-state index is 0.0628. The summed E-state index contributed by atoms with van der Waals surface area (Å²) < 4.78 is 6.33. The van der Waals surface area contributed by atoms with E-state index in [-0.39, 0.29) is 18.0 Å². The summed E-state index contributed by atoms with van der Waals surface area (Å²) in [5, 5.41) is 0. The second kappa shape index (κ2) is 4.83. The maximum atomic E-state index is 12.1. The Balaban J connectivity index is 1.69. The van der Waals surface area contributed by atoms with Crippen molar-refractivity contribution in [2.24, 2.45) is 29.1 Å². The molecule has 4 heteroatoms. The predicted octanol–water partition coefficient (Wildman–Crippen LogP) is 4.19. The second-order valence-corrected chi connectivity index (χ2v) is 11.0. The number of carbonyl (C=O) groups excluding carboxylic acids is 1. The number of rotatable bonds is 0. The van der Waals surface area contributed by atoms with Gasteiger partial charge in [-0.15, -0.1) is 23.5 Å². The van der Waals surface area contributed by atoms with Crippen molar-refractivity contribution in [3.8, 4) is 0 Å². The van der Waals surface area contributed by atoms with Crippen molar-refractivity contribution in [2.75, 3.05) is 11.5 Å². The first-order valence-corrected chi connectivity index (χ1v) is 10.4. The number of hydrogen-bond acceptors (Lipinski definition) is 4. The van der Waals surface area contributed by atoms with E-state index in [9.17, 15) is 4.79 Å². The molecule has 0 bridgehead atoms. The van der Waals surface area contributed by atoms with Gasteiger partial charge in [-0.05, 0) is 37.0 Å². The lowest BCUT2D eigenvalue weighted by molar-refractivity contribution is -0.153. The fourth-order valence-electron chi connectivity index (χ4n) is 5.62. The smallest absolute Gasteiger partial charge is 0.309 e. The zero-order valence-corrected chi connectivity index (χ0v) is 14.9. The number of ether oxygens (including phenoxy) is 1. The van der Waals surface area contributed by atoms with E-state index in [0.717, 1.165) is 0 Å². The molecule has 2 aliphatic heterocycles. The van der Waals surface area contributed by atoms with E-state index in [1.54, 1.807) is 0 Å². The van der Waals surface area contributed by atoms with E-state index >= 15 is 0 Å². The molecule has 2 aliphatic carbocycles. The molecule has 1 spiro atoms. The van der Waals surface area contributed by atoms with Crippen molar-refractivity contribution in [3.05, 3.63) is 0 Å². The summed E-state index contributed by atoms with van der Waals surface area (Å²) in [5.74, 6) is 4.47. The van der Waals surface area contributed by atoms with Gasteiger partial charge in [-0.2, -0.15) is 0 Å². The molecule has 2 saturated carbocycles. The Bertz CT molecular complexity index is 460. The van der Waals surface area contributed by atoms with Crippen molar-refractivity contribution in [2.45, 2.75) is 56.6 Å². The zero-order chi connectivity index (χ0) is 14.8. The van der Waals surface area contributed by atoms with Gasteiger partial charge in [-0.25, -0.2) is 0 Å². The van der Waals surface area contributed by atoms with Crippen LogP contribution in [0.1, 0.15) is 46.5 Å². The highest BCUT2D eigenvalue weighted by Crippen LogP contribution is 2.66. The molecule has 2 saturated heterocycles. The number of hydrogen-bond donors (Lipinski definition) is 0. The van der Waals surface area contributed by atoms with E-state index in [2.05, 4.69) is 44.3 Å². The van der Waals surface area contributed by atoms with E-state index < -0.39 is 0 Å². The minimum absolute atomic E-state index is 0.0628. The van der Waals surface area contributed by atoms with Gasteiger partial charge in [0.25, 0.3) is 0 Å². The number of carbonyl (C=O) groups is 1. The first kappa shape index (κ1) is 14.7. The van der Waals surface area contributed by atoms with Crippen LogP contribution in [0.4, 0.5) is 0 Å². The molecule has 21 heavy (non-hydrogen) atoms. The average molecular weight is 327 g/mol. The van der Waals surface area contributed by atoms with Gasteiger partial charge in [0.15, 0.2) is 0 Å². The maximum absolute atomic E-state index is 12.1. The van der Waals surface area contributed by atoms with Gasteiger partial charge in [0.1, 0.15) is 6.10 Å². The monoisotopic (exact) mass is 326 g/mol. The molecule has 4 rings (SSSR count). The molecule has 2 heterocycles. The molecule has 6 atom stereocenters. The Kier molecular flexibility index (Phi) is 3.39. The Morgan fingerprint density at radius 1 is 1.14 bits per heavy atom. The van der Waals surface area contributed by atoms with Crippen LogP contribution in [0.5, 0.6) is 0 Å². The summed E-state index contributed by atoms with van der Waals surface area (Å²) in [6.45, 7) is 7.00. The Hall–Kier alpha value is 0.170. The van der Waals surface area contributed by atoms with E-state index in [1.165, 1.54) is 37.2 Å². The molecule has 0 aromatic rings. The van der Waals surface area contributed by atoms with Crippen molar-refractivity contribution in [3.63, 3.8) is 0 Å². The SMILES string of the molecule is C[C@@H]1[C@H]2[C@@H]3OC(=O)[C@H](C)[C@@H]3CC[C@@]2(C)CCC12SCCS2. The molecule has 0 amide bonds. The summed E-state index contributed by atoms with van der Waals surface area (Å²) in [6, 6.07) is 0. The highest BCUT2D eigenvalue weighted by molar-refractivity contribution is 8.21. The molecule has 0 aromatic heterocycles. The van der Waals surface area contributed by atoms with Crippen molar-refractivity contribution >= 4 is 29.5 Å². The van der Waals surface area contributed by atoms with Gasteiger partial charge in [0.2, 0.25) is 0 Å². The first-order valence-electron chi connectivity index (χ1n) is 8.45. The van der Waals surface area contributed by atoms with Crippen LogP contribution in [-0.4, -0.2) is 27.7 Å². The third-order valence-corrected chi connectivity index (χ3v) is 10.9. The lowest BCUT2D eigenvalue weighted by atomic mass is 9.53. The van der Waals surface area contributed by atoms with Crippen LogP contribution >= 0.6 is 23.5 Å². The quantitative estimate of drug-likeness (QED) is 0.624. The van der Waals surface area contributed by atoms with E-state index in [4.69, 9.17) is 4.74 Å². The molecule has 0 N–H and O–H groups in total. The standard InChI is InChI=1S/C17H26O2S2/c1-10-12-4-5-16(3)6-7-17(20-8-9-21-17)11(2)13(16)14(12)19-15(10)18/h10-14H,4-9H2,1-3H3/t10-,11-,12+,13+,14-,16+/m1/s1. The average Bonchev–Trinajstić information content (AvgIpc) is 3.03. The number of esters is 1. The summed E-state index contributed by atoms with van der Waals surface area (Å²) in [5.41, 5.74) is 0.389. The Morgan fingerprint density at radius 3 is 2.57 bits per heavy atom. The minimum Gasteiger partial charge on any atom is -0.462 e. The normalized spacial score (nSPS) is 51.6. The summed E-state index contributed by atoms with van der Waals surface area (Å²) >= 11 is 4.37. The molecule has 0 radical (unpaired) electrons. The van der Waals surface area contributed by atoms with Gasteiger partial charge in [-0.3, -0.25) is 4.79 Å². The number of fused-ring (bicyclic) bond motifs is 3. The van der Waals surface area contributed by atoms with Crippen molar-refractivity contribution < 1.29 is 9.53 Å². The number of thioether (sulfide) groups is 2. The Morgan fingerprint density at radius 2 is 1.86 bits per heavy atom. The molecule has 0 aromatic carbocycles. The fourth-order valence-corrected chi connectivity index (χ4v) is 9.12. The van der Waals surface area contributed by atoms with Crippen LogP contribution in [0.25, 0.3) is 0 Å². The van der Waals surface area contributed by atoms with Crippen LogP contribution in [0, 0.1) is 29.1 Å². The highest BCUT2D eigenvalue weighted by Gasteiger charge is 2.62. The fraction of sp³-hybridized carbons (Fsp3) is 0.941. The molecule has 0 unspecified atom stereocenters. The topological polar surface area (TPSA) is 26.3 Å². The van der Waals surface area contributed by atoms with Crippen LogP contribution < -0.4 is 0 Å². The van der Waals surface area contributed by atoms with Gasteiger partial charge in [-0.1, -0.05) is 20.8 Å². The van der Waals surface area contributed by atoms with Gasteiger partial charge in [0, 0.05) is 23.3 Å². The highest BCUT2D eigenvalue weighted by atomic mass is 32.2. The van der Waals surface area contributed by atoms with Crippen LogP contribution in [0.2, 0.25) is 0 Å². The van der Waals surface area contributed by atoms with Gasteiger partial charge >= 0.3 is 5.97 Å². The molecule has 4 aliphatic rings. The maximum Gasteiger partial charge on any atom is 0.309 e. The van der Waals surface area contributed by atoms with Crippen molar-refractivity contribution in [1.82, 2.24) is 0 Å². The molecular weight excluding hydrogens is 300 g/mol. The third-order valence-electron chi connectivity index (χ3n) is 6.95. The first-order chi connectivity index (χ1) is 9.97. The van der Waals surface area contributed by atoms with Crippen LogP contribution in [-0.2, 0) is 9.53 Å². The summed E-state index contributed by atoms with van der Waals surface area (Å²) in [4.78, 5) is 12.1. The Labute approximate surface area is 136 Å². The zero-order valence-electron chi connectivity index (χ0n) is 13.3. The summed E-state index contributed by atoms with van der Waals surface area (Å²) in [7, 11) is 0. The van der Waals surface area contributed by atoms with Gasteiger partial charge in [0.05, 0.1) is 10.00 Å². The predicted molar refractivity (Wildman–Crippen MR) is 89.4 cm³/mol. The second-order valence-electron chi connectivity index (χ2n) is 7.87. The molecule has 118 valence electrons. The largest absolute Gasteiger partial charge is 0.462 e. The summed E-state index contributed by atoms with van der Waals surface area (Å²) in [6.07, 6.45) is 5.33. The molecular formula is C17H26O2S2. The van der Waals surface area contributed by atoms with Crippen molar-refractivity contribution in [1.29, 1.82) is 0 Å². The lowest BCUT2D eigenvalue weighted by Gasteiger charge is -2.57. The van der Waals surface area contributed by atoms with E-state index in [1.807, 2.05) is 0 Å². The lowest BCUT2D eigenvalue weighted by Crippen LogP contribution is -2.55. The van der Waals surface area contributed by atoms with E-state index in [0.29, 0.717) is 27.2 Å².